The second kappa shape index (κ2) is 6.84. The number of nitrogens with zero attached hydrogens (tertiary/aromatic N) is 3. The number of fused-ring (bicyclic) bond motifs is 5. The first-order valence-corrected chi connectivity index (χ1v) is 10.3. The van der Waals surface area contributed by atoms with E-state index in [4.69, 9.17) is 0 Å². The van der Waals surface area contributed by atoms with Gasteiger partial charge in [0.15, 0.2) is 0 Å². The Hall–Kier alpha value is -2.94. The topological polar surface area (TPSA) is 92.3 Å². The van der Waals surface area contributed by atoms with E-state index >= 15 is 0 Å². The maximum atomic E-state index is 13.9. The van der Waals surface area contributed by atoms with Gasteiger partial charge in [-0.2, -0.15) is 0 Å². The third-order valence-electron chi connectivity index (χ3n) is 6.03. The lowest BCUT2D eigenvalue weighted by molar-refractivity contribution is -0.144. The van der Waals surface area contributed by atoms with Gasteiger partial charge in [0, 0.05) is 0 Å². The van der Waals surface area contributed by atoms with Gasteiger partial charge in [0.2, 0.25) is 22.9 Å². The van der Waals surface area contributed by atoms with Crippen LogP contribution in [0.2, 0.25) is 0 Å². The Morgan fingerprint density at radius 3 is 2.59 bits per heavy atom. The van der Waals surface area contributed by atoms with Gasteiger partial charge < -0.3 is 5.32 Å². The summed E-state index contributed by atoms with van der Waals surface area (Å²) in [5.41, 5.74) is 1.90. The first kappa shape index (κ1) is 18.1. The first-order valence-electron chi connectivity index (χ1n) is 9.39. The van der Waals surface area contributed by atoms with Crippen LogP contribution in [0.3, 0.4) is 0 Å². The lowest BCUT2D eigenvalue weighted by atomic mass is 9.85. The molecule has 148 valence electrons. The second-order valence-electron chi connectivity index (χ2n) is 7.61. The number of hydrogen-bond donors (Lipinski definition) is 1. The number of aromatic nitrogens is 2. The number of halogens is 1. The molecule has 2 aromatic rings. The zero-order valence-electron chi connectivity index (χ0n) is 15.2. The van der Waals surface area contributed by atoms with E-state index in [0.29, 0.717) is 10.7 Å². The third kappa shape index (κ3) is 2.96. The predicted octanol–water partition coefficient (Wildman–Crippen LogP) is 2.55. The van der Waals surface area contributed by atoms with Gasteiger partial charge in [0.1, 0.15) is 11.3 Å². The number of carbonyl (C=O) groups is 3. The summed E-state index contributed by atoms with van der Waals surface area (Å²) in [5.74, 6) is -2.07. The number of rotatable bonds is 5. The molecule has 7 nitrogen and oxygen atoms in total. The Bertz CT molecular complexity index is 994. The van der Waals surface area contributed by atoms with Crippen LogP contribution in [-0.4, -0.2) is 32.8 Å². The lowest BCUT2D eigenvalue weighted by Crippen LogP contribution is -2.38. The highest BCUT2D eigenvalue weighted by atomic mass is 32.1. The summed E-state index contributed by atoms with van der Waals surface area (Å²) in [6.45, 7) is 0. The normalized spacial score (nSPS) is 28.1. The van der Waals surface area contributed by atoms with Crippen molar-refractivity contribution >= 4 is 34.2 Å². The second-order valence-corrected chi connectivity index (χ2v) is 8.45. The molecule has 2 bridgehead atoms. The smallest absolute Gasteiger partial charge is 0.234 e. The number of likely N-dealkylation sites (tertiary alicyclic amines) is 1. The molecule has 3 amide bonds. The minimum Gasteiger partial charge on any atom is -0.300 e. The third-order valence-corrected chi connectivity index (χ3v) is 6.64. The molecule has 1 aliphatic heterocycles. The number of allylic oxidation sites excluding steroid dienone is 2. The molecule has 0 radical (unpaired) electrons. The molecule has 2 aliphatic carbocycles. The molecular formula is C20H17FN4O3S. The quantitative estimate of drug-likeness (QED) is 0.602. The van der Waals surface area contributed by atoms with Crippen molar-refractivity contribution in [1.82, 2.24) is 15.1 Å². The molecule has 1 saturated carbocycles. The van der Waals surface area contributed by atoms with E-state index in [-0.39, 0.29) is 41.9 Å². The fourth-order valence-electron chi connectivity index (χ4n) is 4.88. The van der Waals surface area contributed by atoms with E-state index in [1.54, 1.807) is 6.07 Å². The molecule has 2 fully saturated rings. The monoisotopic (exact) mass is 412 g/mol. The summed E-state index contributed by atoms with van der Waals surface area (Å²) in [7, 11) is 0. The number of benzene rings is 1. The van der Waals surface area contributed by atoms with Crippen molar-refractivity contribution in [2.24, 2.45) is 23.7 Å². The maximum absolute atomic E-state index is 13.9. The van der Waals surface area contributed by atoms with Crippen LogP contribution in [-0.2, 0) is 14.4 Å². The summed E-state index contributed by atoms with van der Waals surface area (Å²) in [6.07, 6.45) is 4.67. The highest BCUT2D eigenvalue weighted by Crippen LogP contribution is 2.54. The van der Waals surface area contributed by atoms with E-state index in [1.807, 2.05) is 12.2 Å². The molecule has 29 heavy (non-hydrogen) atoms. The Morgan fingerprint density at radius 1 is 1.24 bits per heavy atom. The molecule has 5 atom stereocenters. The fourth-order valence-corrected chi connectivity index (χ4v) is 5.34. The van der Waals surface area contributed by atoms with Gasteiger partial charge in [-0.25, -0.2) is 4.39 Å². The maximum Gasteiger partial charge on any atom is 0.234 e. The fraction of sp³-hybridized carbons (Fsp3) is 0.350. The van der Waals surface area contributed by atoms with Crippen LogP contribution < -0.4 is 5.32 Å². The van der Waals surface area contributed by atoms with Crippen molar-refractivity contribution in [1.29, 1.82) is 0 Å². The number of carbonyl (C=O) groups excluding carboxylic acids is 3. The van der Waals surface area contributed by atoms with Gasteiger partial charge in [0.05, 0.1) is 24.3 Å². The molecule has 1 aromatic carbocycles. The van der Waals surface area contributed by atoms with Crippen LogP contribution in [0.4, 0.5) is 9.52 Å². The van der Waals surface area contributed by atoms with Gasteiger partial charge in [-0.1, -0.05) is 35.6 Å². The van der Waals surface area contributed by atoms with E-state index in [1.165, 1.54) is 28.6 Å². The molecular weight excluding hydrogens is 395 g/mol. The number of imide groups is 1. The SMILES string of the molecule is O=C(CC(c1cccc(F)c1)N1C(=O)C2C3C=CC(C3)C2C1=O)Nc1nncs1. The Morgan fingerprint density at radius 2 is 1.97 bits per heavy atom. The number of anilines is 1. The number of hydrogen-bond acceptors (Lipinski definition) is 6. The van der Waals surface area contributed by atoms with Crippen LogP contribution >= 0.6 is 11.3 Å². The van der Waals surface area contributed by atoms with Crippen LogP contribution in [0.1, 0.15) is 24.4 Å². The summed E-state index contributed by atoms with van der Waals surface area (Å²) in [5, 5.41) is 10.4. The van der Waals surface area contributed by atoms with Crippen molar-refractivity contribution < 1.29 is 18.8 Å². The summed E-state index contributed by atoms with van der Waals surface area (Å²) >= 11 is 1.16. The van der Waals surface area contributed by atoms with Crippen molar-refractivity contribution in [2.45, 2.75) is 18.9 Å². The van der Waals surface area contributed by atoms with E-state index < -0.39 is 17.8 Å². The standard InChI is InChI=1S/C20H17FN4O3S/c21-13-3-1-2-10(7-13)14(8-15(26)23-20-24-22-9-29-20)25-18(27)16-11-4-5-12(6-11)17(16)19(25)28/h1-5,7,9,11-12,14,16-17H,6,8H2,(H,23,24,26). The van der Waals surface area contributed by atoms with Crippen molar-refractivity contribution in [3.63, 3.8) is 0 Å². The van der Waals surface area contributed by atoms with Gasteiger partial charge in [0.25, 0.3) is 0 Å². The average Bonchev–Trinajstić information content (AvgIpc) is 3.46. The van der Waals surface area contributed by atoms with Gasteiger partial charge in [-0.3, -0.25) is 19.3 Å². The molecule has 2 heterocycles. The van der Waals surface area contributed by atoms with Crippen LogP contribution in [0.15, 0.2) is 41.9 Å². The summed E-state index contributed by atoms with van der Waals surface area (Å²) in [6, 6.07) is 4.83. The van der Waals surface area contributed by atoms with Gasteiger partial charge in [-0.05, 0) is 36.0 Å². The minimum absolute atomic E-state index is 0.0647. The number of nitrogens with one attached hydrogen (secondary N) is 1. The molecule has 3 aliphatic rings. The molecule has 5 unspecified atom stereocenters. The lowest BCUT2D eigenvalue weighted by Gasteiger charge is -2.28. The zero-order valence-corrected chi connectivity index (χ0v) is 16.0. The van der Waals surface area contributed by atoms with Crippen molar-refractivity contribution in [3.05, 3.63) is 53.3 Å². The first-order chi connectivity index (χ1) is 14.0. The minimum atomic E-state index is -0.872. The van der Waals surface area contributed by atoms with E-state index in [0.717, 1.165) is 17.8 Å². The van der Waals surface area contributed by atoms with Crippen molar-refractivity contribution in [2.75, 3.05) is 5.32 Å². The predicted molar refractivity (Wildman–Crippen MR) is 102 cm³/mol. The highest BCUT2D eigenvalue weighted by Gasteiger charge is 2.60. The summed E-state index contributed by atoms with van der Waals surface area (Å²) in [4.78, 5) is 40.2. The average molecular weight is 412 g/mol. The summed E-state index contributed by atoms with van der Waals surface area (Å²) < 4.78 is 13.9. The molecule has 1 N–H and O–H groups in total. The molecule has 1 aromatic heterocycles. The van der Waals surface area contributed by atoms with Crippen molar-refractivity contribution in [3.8, 4) is 0 Å². The zero-order chi connectivity index (χ0) is 20.1. The Balaban J connectivity index is 1.46. The molecule has 9 heteroatoms. The Kier molecular flexibility index (Phi) is 4.27. The van der Waals surface area contributed by atoms with Crippen LogP contribution in [0.25, 0.3) is 0 Å². The molecule has 0 spiro atoms. The highest BCUT2D eigenvalue weighted by molar-refractivity contribution is 7.13. The van der Waals surface area contributed by atoms with Gasteiger partial charge >= 0.3 is 0 Å². The van der Waals surface area contributed by atoms with E-state index in [9.17, 15) is 18.8 Å². The number of amides is 3. The largest absolute Gasteiger partial charge is 0.300 e. The molecule has 5 rings (SSSR count). The Labute approximate surface area is 169 Å². The van der Waals surface area contributed by atoms with Crippen LogP contribution in [0, 0.1) is 29.5 Å². The van der Waals surface area contributed by atoms with Gasteiger partial charge in [-0.15, -0.1) is 10.2 Å². The molecule has 1 saturated heterocycles. The van der Waals surface area contributed by atoms with E-state index in [2.05, 4.69) is 15.5 Å². The van der Waals surface area contributed by atoms with Crippen LogP contribution in [0.5, 0.6) is 0 Å².